The van der Waals surface area contributed by atoms with Gasteiger partial charge < -0.3 is 9.72 Å². The number of allylic oxidation sites excluding steroid dienone is 5. The minimum atomic E-state index is -0.294. The van der Waals surface area contributed by atoms with Crippen LogP contribution in [-0.2, 0) is 9.53 Å². The second-order valence-corrected chi connectivity index (χ2v) is 10.4. The van der Waals surface area contributed by atoms with Crippen molar-refractivity contribution >= 4 is 39.1 Å². The smallest absolute Gasteiger partial charge is 0.334 e. The molecule has 3 rings (SSSR count). The van der Waals surface area contributed by atoms with E-state index in [0.717, 1.165) is 55.9 Å². The molecule has 0 aliphatic carbocycles. The number of nitrogens with zero attached hydrogens (tertiary/aromatic N) is 2. The van der Waals surface area contributed by atoms with E-state index in [1.165, 1.54) is 11.8 Å². The summed E-state index contributed by atoms with van der Waals surface area (Å²) >= 11 is 1.40. The van der Waals surface area contributed by atoms with Gasteiger partial charge in [-0.1, -0.05) is 68.6 Å². The van der Waals surface area contributed by atoms with Crippen molar-refractivity contribution in [3.05, 3.63) is 96.0 Å². The fraction of sp³-hybridized carbons (Fsp3) is 0.258. The summed E-state index contributed by atoms with van der Waals surface area (Å²) < 4.78 is 5.34. The summed E-state index contributed by atoms with van der Waals surface area (Å²) in [7, 11) is 0. The van der Waals surface area contributed by atoms with Gasteiger partial charge in [-0.05, 0) is 62.3 Å². The zero-order valence-electron chi connectivity index (χ0n) is 22.3. The SMILES string of the molecule is C=C(C)/C=C\C=C(/C)c1nc[nH]c1-c1ccc2ncc(C(=C)S/C=C(\C)C(=O)OCCC(C)C)cc2c1. The van der Waals surface area contributed by atoms with Crippen molar-refractivity contribution in [2.45, 2.75) is 41.0 Å². The van der Waals surface area contributed by atoms with Crippen LogP contribution in [-0.4, -0.2) is 27.5 Å². The second kappa shape index (κ2) is 13.1. The van der Waals surface area contributed by atoms with Crippen LogP contribution in [0.5, 0.6) is 0 Å². The molecule has 0 amide bonds. The number of benzene rings is 1. The molecule has 0 saturated heterocycles. The number of aromatic nitrogens is 3. The first kappa shape index (κ1) is 27.9. The predicted octanol–water partition coefficient (Wildman–Crippen LogP) is 8.36. The number of carbonyl (C=O) groups is 1. The molecule has 0 aliphatic heterocycles. The van der Waals surface area contributed by atoms with Crippen molar-refractivity contribution in [3.63, 3.8) is 0 Å². The molecule has 0 radical (unpaired) electrons. The Morgan fingerprint density at radius 2 is 1.95 bits per heavy atom. The lowest BCUT2D eigenvalue weighted by Gasteiger charge is -2.09. The average molecular weight is 514 g/mol. The molecule has 0 saturated carbocycles. The number of rotatable bonds is 11. The molecule has 2 heterocycles. The Hall–Kier alpha value is -3.64. The third-order valence-corrected chi connectivity index (χ3v) is 6.65. The number of carbonyl (C=O) groups excluding carboxylic acids is 1. The van der Waals surface area contributed by atoms with Crippen LogP contribution in [0, 0.1) is 5.92 Å². The summed E-state index contributed by atoms with van der Waals surface area (Å²) in [6.07, 6.45) is 10.4. The Labute approximate surface area is 224 Å². The van der Waals surface area contributed by atoms with Crippen molar-refractivity contribution < 1.29 is 9.53 Å². The van der Waals surface area contributed by atoms with Gasteiger partial charge in [-0.25, -0.2) is 9.78 Å². The number of thioether (sulfide) groups is 1. The number of H-pyrrole nitrogens is 1. The Kier molecular flexibility index (Phi) is 9.86. The second-order valence-electron chi connectivity index (χ2n) is 9.47. The van der Waals surface area contributed by atoms with Crippen LogP contribution >= 0.6 is 11.8 Å². The Morgan fingerprint density at radius 1 is 1.16 bits per heavy atom. The van der Waals surface area contributed by atoms with Gasteiger partial charge in [-0.2, -0.15) is 0 Å². The maximum Gasteiger partial charge on any atom is 0.334 e. The molecule has 0 fully saturated rings. The standard InChI is InChI=1S/C31H35N3O2S/c1-20(2)9-8-10-22(5)29-30(34-19-33-29)25-11-12-28-26(15-25)16-27(17-32-28)24(7)37-18-23(6)31(35)36-14-13-21(3)4/h8-12,15-19,21H,1,7,13-14H2,2-6H3,(H,33,34)/b9-8-,22-10+,23-18+. The van der Waals surface area contributed by atoms with E-state index in [2.05, 4.69) is 54.1 Å². The third kappa shape index (κ3) is 7.92. The molecule has 5 nitrogen and oxygen atoms in total. The molecule has 0 spiro atoms. The molecular formula is C31H35N3O2S. The first-order chi connectivity index (χ1) is 17.7. The number of hydrogen-bond acceptors (Lipinski definition) is 5. The van der Waals surface area contributed by atoms with E-state index in [-0.39, 0.29) is 5.97 Å². The Morgan fingerprint density at radius 3 is 2.68 bits per heavy atom. The molecule has 1 N–H and O–H groups in total. The van der Waals surface area contributed by atoms with Gasteiger partial charge in [0.2, 0.25) is 0 Å². The first-order valence-electron chi connectivity index (χ1n) is 12.3. The van der Waals surface area contributed by atoms with Crippen molar-refractivity contribution in [1.82, 2.24) is 15.0 Å². The molecule has 1 aromatic carbocycles. The maximum absolute atomic E-state index is 12.2. The van der Waals surface area contributed by atoms with Gasteiger partial charge in [0.25, 0.3) is 0 Å². The number of ether oxygens (including phenoxy) is 1. The van der Waals surface area contributed by atoms with Crippen LogP contribution in [0.25, 0.3) is 32.6 Å². The molecule has 37 heavy (non-hydrogen) atoms. The largest absolute Gasteiger partial charge is 0.462 e. The van der Waals surface area contributed by atoms with Crippen LogP contribution in [0.15, 0.2) is 84.7 Å². The van der Waals surface area contributed by atoms with E-state index in [4.69, 9.17) is 4.74 Å². The van der Waals surface area contributed by atoms with Gasteiger partial charge in [-0.15, -0.1) is 0 Å². The molecule has 3 aromatic rings. The van der Waals surface area contributed by atoms with Crippen molar-refractivity contribution in [2.24, 2.45) is 5.92 Å². The van der Waals surface area contributed by atoms with Gasteiger partial charge in [-0.3, -0.25) is 4.98 Å². The number of nitrogens with one attached hydrogen (secondary N) is 1. The van der Waals surface area contributed by atoms with Crippen LogP contribution in [0.4, 0.5) is 0 Å². The quantitative estimate of drug-likeness (QED) is 0.158. The molecule has 0 bridgehead atoms. The minimum Gasteiger partial charge on any atom is -0.462 e. The molecule has 0 aliphatic rings. The van der Waals surface area contributed by atoms with E-state index >= 15 is 0 Å². The summed E-state index contributed by atoms with van der Waals surface area (Å²) in [4.78, 5) is 25.4. The van der Waals surface area contributed by atoms with Gasteiger partial charge in [0.15, 0.2) is 0 Å². The number of hydrogen-bond donors (Lipinski definition) is 1. The fourth-order valence-electron chi connectivity index (χ4n) is 3.47. The number of aromatic amines is 1. The van der Waals surface area contributed by atoms with Crippen LogP contribution < -0.4 is 0 Å². The molecular weight excluding hydrogens is 478 g/mol. The van der Waals surface area contributed by atoms with Gasteiger partial charge >= 0.3 is 5.97 Å². The molecule has 6 heteroatoms. The summed E-state index contributed by atoms with van der Waals surface area (Å²) in [5, 5.41) is 2.78. The lowest BCUT2D eigenvalue weighted by Crippen LogP contribution is -2.08. The highest BCUT2D eigenvalue weighted by atomic mass is 32.2. The predicted molar refractivity (Wildman–Crippen MR) is 158 cm³/mol. The lowest BCUT2D eigenvalue weighted by molar-refractivity contribution is -0.139. The van der Waals surface area contributed by atoms with Gasteiger partial charge in [0, 0.05) is 33.2 Å². The lowest BCUT2D eigenvalue weighted by atomic mass is 10.0. The molecule has 0 atom stereocenters. The molecule has 2 aromatic heterocycles. The summed E-state index contributed by atoms with van der Waals surface area (Å²) in [6.45, 7) is 18.5. The highest BCUT2D eigenvalue weighted by Gasteiger charge is 2.12. The van der Waals surface area contributed by atoms with Crippen molar-refractivity contribution in [2.75, 3.05) is 6.61 Å². The van der Waals surface area contributed by atoms with E-state index in [1.807, 2.05) is 50.4 Å². The molecule has 0 unspecified atom stereocenters. The average Bonchev–Trinajstić information content (AvgIpc) is 3.36. The van der Waals surface area contributed by atoms with E-state index in [9.17, 15) is 4.79 Å². The van der Waals surface area contributed by atoms with Crippen LogP contribution in [0.2, 0.25) is 0 Å². The summed E-state index contributed by atoms with van der Waals surface area (Å²) in [6, 6.07) is 8.22. The number of imidazole rings is 1. The Bertz CT molecular complexity index is 1390. The normalized spacial score (nSPS) is 12.5. The minimum absolute atomic E-state index is 0.294. The molecule has 192 valence electrons. The Balaban J connectivity index is 1.78. The van der Waals surface area contributed by atoms with Crippen LogP contribution in [0.1, 0.15) is 52.3 Å². The summed E-state index contributed by atoms with van der Waals surface area (Å²) in [5.41, 5.74) is 7.27. The van der Waals surface area contributed by atoms with Crippen LogP contribution in [0.3, 0.4) is 0 Å². The summed E-state index contributed by atoms with van der Waals surface area (Å²) in [5.74, 6) is 0.202. The number of esters is 1. The monoisotopic (exact) mass is 513 g/mol. The highest BCUT2D eigenvalue weighted by Crippen LogP contribution is 2.32. The van der Waals surface area contributed by atoms with Gasteiger partial charge in [0.05, 0.1) is 29.8 Å². The van der Waals surface area contributed by atoms with E-state index < -0.39 is 0 Å². The third-order valence-electron chi connectivity index (χ3n) is 5.66. The highest BCUT2D eigenvalue weighted by molar-refractivity contribution is 8.10. The first-order valence-corrected chi connectivity index (χ1v) is 13.2. The zero-order chi connectivity index (χ0) is 26.9. The van der Waals surface area contributed by atoms with Crippen molar-refractivity contribution in [1.29, 1.82) is 0 Å². The topological polar surface area (TPSA) is 67.9 Å². The van der Waals surface area contributed by atoms with E-state index in [1.54, 1.807) is 18.7 Å². The zero-order valence-corrected chi connectivity index (χ0v) is 23.1. The maximum atomic E-state index is 12.2. The number of fused-ring (bicyclic) bond motifs is 1. The number of pyridine rings is 1. The fourth-order valence-corrected chi connectivity index (χ4v) is 4.13. The van der Waals surface area contributed by atoms with E-state index in [0.29, 0.717) is 18.1 Å². The van der Waals surface area contributed by atoms with Gasteiger partial charge in [0.1, 0.15) is 0 Å². The van der Waals surface area contributed by atoms with Crippen molar-refractivity contribution in [3.8, 4) is 11.3 Å².